The van der Waals surface area contributed by atoms with Crippen molar-refractivity contribution in [3.05, 3.63) is 0 Å². The molecule has 4 bridgehead atoms. The number of amides is 1. The SMILES string of the molecule is O=C(NCC[C@@H]1CCCN1)C1C2CC3CC(C2)CC1C3. The lowest BCUT2D eigenvalue weighted by molar-refractivity contribution is -0.138. The highest BCUT2D eigenvalue weighted by molar-refractivity contribution is 5.79. The maximum atomic E-state index is 12.6. The molecule has 1 heterocycles. The molecule has 1 amide bonds. The molecule has 2 N–H and O–H groups in total. The van der Waals surface area contributed by atoms with Crippen LogP contribution >= 0.6 is 0 Å². The van der Waals surface area contributed by atoms with Crippen LogP contribution in [-0.4, -0.2) is 25.0 Å². The van der Waals surface area contributed by atoms with Gasteiger partial charge in [-0.3, -0.25) is 4.79 Å². The van der Waals surface area contributed by atoms with Gasteiger partial charge in [-0.25, -0.2) is 0 Å². The summed E-state index contributed by atoms with van der Waals surface area (Å²) in [7, 11) is 0. The van der Waals surface area contributed by atoms with Crippen molar-refractivity contribution < 1.29 is 4.79 Å². The van der Waals surface area contributed by atoms with E-state index in [0.29, 0.717) is 17.9 Å². The van der Waals surface area contributed by atoms with Crippen LogP contribution in [0.1, 0.15) is 51.4 Å². The Labute approximate surface area is 122 Å². The zero-order chi connectivity index (χ0) is 13.5. The molecule has 1 aliphatic heterocycles. The van der Waals surface area contributed by atoms with E-state index in [1.54, 1.807) is 0 Å². The average Bonchev–Trinajstić information content (AvgIpc) is 2.90. The molecule has 5 rings (SSSR count). The van der Waals surface area contributed by atoms with Gasteiger partial charge in [0, 0.05) is 18.5 Å². The van der Waals surface area contributed by atoms with Crippen molar-refractivity contribution in [2.75, 3.05) is 13.1 Å². The van der Waals surface area contributed by atoms with Crippen molar-refractivity contribution in [2.24, 2.45) is 29.6 Å². The summed E-state index contributed by atoms with van der Waals surface area (Å²) in [6, 6.07) is 0.647. The molecule has 3 nitrogen and oxygen atoms in total. The lowest BCUT2D eigenvalue weighted by atomic mass is 9.51. The first-order chi connectivity index (χ1) is 9.79. The molecule has 5 aliphatic rings. The lowest BCUT2D eigenvalue weighted by Gasteiger charge is -2.53. The fourth-order valence-corrected chi connectivity index (χ4v) is 5.84. The molecular weight excluding hydrogens is 248 g/mol. The third-order valence-electron chi connectivity index (χ3n) is 6.48. The van der Waals surface area contributed by atoms with Gasteiger partial charge in [-0.15, -0.1) is 0 Å². The summed E-state index contributed by atoms with van der Waals surface area (Å²) < 4.78 is 0. The van der Waals surface area contributed by atoms with Crippen LogP contribution in [0.25, 0.3) is 0 Å². The number of nitrogens with one attached hydrogen (secondary N) is 2. The van der Waals surface area contributed by atoms with E-state index in [1.165, 1.54) is 44.9 Å². The second kappa shape index (κ2) is 5.32. The van der Waals surface area contributed by atoms with Crippen molar-refractivity contribution in [1.29, 1.82) is 0 Å². The minimum Gasteiger partial charge on any atom is -0.356 e. The Kier molecular flexibility index (Phi) is 3.49. The Morgan fingerprint density at radius 3 is 2.35 bits per heavy atom. The molecule has 4 aliphatic carbocycles. The molecule has 0 radical (unpaired) electrons. The van der Waals surface area contributed by atoms with Crippen LogP contribution < -0.4 is 10.6 Å². The van der Waals surface area contributed by atoms with Gasteiger partial charge in [0.05, 0.1) is 0 Å². The largest absolute Gasteiger partial charge is 0.356 e. The fraction of sp³-hybridized carbons (Fsp3) is 0.941. The highest BCUT2D eigenvalue weighted by atomic mass is 16.1. The van der Waals surface area contributed by atoms with E-state index in [0.717, 1.165) is 43.2 Å². The summed E-state index contributed by atoms with van der Waals surface area (Å²) in [5, 5.41) is 6.77. The number of carbonyl (C=O) groups excluding carboxylic acids is 1. The molecule has 0 aromatic carbocycles. The van der Waals surface area contributed by atoms with Crippen LogP contribution in [0.3, 0.4) is 0 Å². The predicted molar refractivity (Wildman–Crippen MR) is 79.2 cm³/mol. The monoisotopic (exact) mass is 276 g/mol. The van der Waals surface area contributed by atoms with Gasteiger partial charge >= 0.3 is 0 Å². The molecule has 20 heavy (non-hydrogen) atoms. The zero-order valence-corrected chi connectivity index (χ0v) is 12.4. The minimum absolute atomic E-state index is 0.360. The van der Waals surface area contributed by atoms with Gasteiger partial charge in [-0.2, -0.15) is 0 Å². The summed E-state index contributed by atoms with van der Waals surface area (Å²) in [4.78, 5) is 12.6. The first-order valence-electron chi connectivity index (χ1n) is 8.80. The molecule has 0 unspecified atom stereocenters. The molecule has 0 aromatic heterocycles. The van der Waals surface area contributed by atoms with Crippen molar-refractivity contribution in [3.63, 3.8) is 0 Å². The Bertz CT molecular complexity index is 347. The molecular formula is C17H28N2O. The first-order valence-corrected chi connectivity index (χ1v) is 8.80. The molecule has 1 saturated heterocycles. The maximum Gasteiger partial charge on any atom is 0.223 e. The summed E-state index contributed by atoms with van der Waals surface area (Å²) in [6.45, 7) is 2.04. The van der Waals surface area contributed by atoms with Crippen LogP contribution in [0.4, 0.5) is 0 Å². The van der Waals surface area contributed by atoms with E-state index in [4.69, 9.17) is 0 Å². The van der Waals surface area contributed by atoms with Crippen LogP contribution in [0.5, 0.6) is 0 Å². The van der Waals surface area contributed by atoms with E-state index < -0.39 is 0 Å². The van der Waals surface area contributed by atoms with Gasteiger partial charge < -0.3 is 10.6 Å². The number of hydrogen-bond acceptors (Lipinski definition) is 2. The Hall–Kier alpha value is -0.570. The second-order valence-electron chi connectivity index (χ2n) is 7.83. The van der Waals surface area contributed by atoms with Gasteiger partial charge in [0.1, 0.15) is 0 Å². The summed E-state index contributed by atoms with van der Waals surface area (Å²) in [6.07, 6.45) is 10.5. The minimum atomic E-state index is 0.360. The molecule has 0 aromatic rings. The summed E-state index contributed by atoms with van der Waals surface area (Å²) >= 11 is 0. The van der Waals surface area contributed by atoms with E-state index >= 15 is 0 Å². The summed E-state index contributed by atoms with van der Waals surface area (Å²) in [5.74, 6) is 4.11. The number of carbonyl (C=O) groups is 1. The van der Waals surface area contributed by atoms with Gasteiger partial charge in [-0.1, -0.05) is 0 Å². The Morgan fingerprint density at radius 1 is 1.05 bits per heavy atom. The van der Waals surface area contributed by atoms with Crippen molar-refractivity contribution in [3.8, 4) is 0 Å². The highest BCUT2D eigenvalue weighted by Crippen LogP contribution is 2.56. The van der Waals surface area contributed by atoms with Crippen LogP contribution in [-0.2, 0) is 4.79 Å². The Morgan fingerprint density at radius 2 is 1.75 bits per heavy atom. The van der Waals surface area contributed by atoms with Crippen LogP contribution in [0.2, 0.25) is 0 Å². The smallest absolute Gasteiger partial charge is 0.223 e. The quantitative estimate of drug-likeness (QED) is 0.827. The third-order valence-corrected chi connectivity index (χ3v) is 6.48. The van der Waals surface area contributed by atoms with Crippen LogP contribution in [0.15, 0.2) is 0 Å². The van der Waals surface area contributed by atoms with Gasteiger partial charge in [-0.05, 0) is 81.6 Å². The van der Waals surface area contributed by atoms with E-state index in [2.05, 4.69) is 10.6 Å². The molecule has 4 saturated carbocycles. The summed E-state index contributed by atoms with van der Waals surface area (Å²) in [5.41, 5.74) is 0. The van der Waals surface area contributed by atoms with Gasteiger partial charge in [0.2, 0.25) is 5.91 Å². The van der Waals surface area contributed by atoms with Gasteiger partial charge in [0.15, 0.2) is 0 Å². The topological polar surface area (TPSA) is 41.1 Å². The van der Waals surface area contributed by atoms with Gasteiger partial charge in [0.25, 0.3) is 0 Å². The highest BCUT2D eigenvalue weighted by Gasteiger charge is 2.50. The van der Waals surface area contributed by atoms with E-state index in [9.17, 15) is 4.79 Å². The van der Waals surface area contributed by atoms with E-state index in [-0.39, 0.29) is 0 Å². The second-order valence-corrected chi connectivity index (χ2v) is 7.83. The zero-order valence-electron chi connectivity index (χ0n) is 12.4. The lowest BCUT2D eigenvalue weighted by Crippen LogP contribution is -2.51. The average molecular weight is 276 g/mol. The number of hydrogen-bond donors (Lipinski definition) is 2. The normalized spacial score (nSPS) is 45.8. The number of rotatable bonds is 4. The molecule has 0 spiro atoms. The third kappa shape index (κ3) is 2.38. The van der Waals surface area contributed by atoms with Crippen molar-refractivity contribution in [2.45, 2.75) is 57.4 Å². The van der Waals surface area contributed by atoms with Crippen molar-refractivity contribution >= 4 is 5.91 Å². The standard InChI is InChI=1S/C17H28N2O/c20-17(19-5-3-15-2-1-4-18-15)16-13-7-11-6-12(9-13)10-14(16)8-11/h11-16,18H,1-10H2,(H,19,20)/t11?,12?,13?,14?,15-,16?/m0/s1. The van der Waals surface area contributed by atoms with Crippen molar-refractivity contribution in [1.82, 2.24) is 10.6 Å². The molecule has 1 atom stereocenters. The fourth-order valence-electron chi connectivity index (χ4n) is 5.84. The maximum absolute atomic E-state index is 12.6. The van der Waals surface area contributed by atoms with Crippen LogP contribution in [0, 0.1) is 29.6 Å². The molecule has 3 heteroatoms. The predicted octanol–water partition coefficient (Wildman–Crippen LogP) is 2.32. The first kappa shape index (κ1) is 13.1. The molecule has 112 valence electrons. The Balaban J connectivity index is 1.30. The molecule has 5 fully saturated rings. The van der Waals surface area contributed by atoms with E-state index in [1.807, 2.05) is 0 Å².